The molecule has 3 aromatic rings. The van der Waals surface area contributed by atoms with Crippen LogP contribution in [0.2, 0.25) is 0 Å². The average Bonchev–Trinajstić information content (AvgIpc) is 2.90. The van der Waals surface area contributed by atoms with Crippen LogP contribution in [0.5, 0.6) is 5.75 Å². The smallest absolute Gasteiger partial charge is 0.137 e. The van der Waals surface area contributed by atoms with E-state index in [1.54, 1.807) is 0 Å². The minimum Gasteiger partial charge on any atom is -0.491 e. The van der Waals surface area contributed by atoms with Crippen molar-refractivity contribution in [2.75, 3.05) is 0 Å². The van der Waals surface area contributed by atoms with E-state index < -0.39 is 0 Å². The normalized spacial score (nSPS) is 11.2. The highest BCUT2D eigenvalue weighted by Gasteiger charge is 2.05. The number of imidazole rings is 1. The molecule has 0 aliphatic heterocycles. The molecule has 0 aliphatic rings. The molecule has 0 saturated heterocycles. The number of pyridine rings is 1. The Morgan fingerprint density at radius 3 is 2.52 bits per heavy atom. The predicted octanol–water partition coefficient (Wildman–Crippen LogP) is 3.25. The van der Waals surface area contributed by atoms with Crippen LogP contribution in [-0.2, 0) is 6.54 Å². The monoisotopic (exact) mass is 281 g/mol. The number of hydrogen-bond donors (Lipinski definition) is 1. The molecule has 0 fully saturated rings. The summed E-state index contributed by atoms with van der Waals surface area (Å²) in [4.78, 5) is 4.63. The van der Waals surface area contributed by atoms with Crippen molar-refractivity contribution < 1.29 is 4.74 Å². The van der Waals surface area contributed by atoms with Crippen molar-refractivity contribution in [1.29, 1.82) is 0 Å². The van der Waals surface area contributed by atoms with Crippen LogP contribution in [0.1, 0.15) is 19.4 Å². The van der Waals surface area contributed by atoms with Gasteiger partial charge in [-0.15, -0.1) is 0 Å². The molecule has 4 heteroatoms. The molecule has 0 bridgehead atoms. The van der Waals surface area contributed by atoms with Gasteiger partial charge >= 0.3 is 0 Å². The van der Waals surface area contributed by atoms with Crippen LogP contribution in [-0.4, -0.2) is 15.5 Å². The average molecular weight is 281 g/mol. The largest absolute Gasteiger partial charge is 0.491 e. The first-order valence-electron chi connectivity index (χ1n) is 7.10. The van der Waals surface area contributed by atoms with Crippen LogP contribution in [0.3, 0.4) is 0 Å². The van der Waals surface area contributed by atoms with Gasteiger partial charge in [0.2, 0.25) is 0 Å². The third kappa shape index (κ3) is 2.90. The Labute approximate surface area is 124 Å². The van der Waals surface area contributed by atoms with Crippen LogP contribution in [0.4, 0.5) is 0 Å². The molecule has 2 heterocycles. The minimum atomic E-state index is 0.181. The summed E-state index contributed by atoms with van der Waals surface area (Å²) in [5.74, 6) is 0.878. The number of hydrogen-bond acceptors (Lipinski definition) is 3. The van der Waals surface area contributed by atoms with Crippen molar-refractivity contribution in [2.45, 2.75) is 26.5 Å². The number of fused-ring (bicyclic) bond motifs is 1. The Morgan fingerprint density at radius 1 is 1.10 bits per heavy atom. The van der Waals surface area contributed by atoms with Gasteiger partial charge in [0.25, 0.3) is 0 Å². The summed E-state index contributed by atoms with van der Waals surface area (Å²) in [6.45, 7) is 4.57. The molecule has 2 N–H and O–H groups in total. The molecular formula is C17H19N3O. The van der Waals surface area contributed by atoms with Gasteiger partial charge < -0.3 is 14.9 Å². The minimum absolute atomic E-state index is 0.181. The number of benzene rings is 1. The summed E-state index contributed by atoms with van der Waals surface area (Å²) in [7, 11) is 0. The summed E-state index contributed by atoms with van der Waals surface area (Å²) < 4.78 is 7.66. The van der Waals surface area contributed by atoms with E-state index in [1.165, 1.54) is 0 Å². The lowest BCUT2D eigenvalue weighted by atomic mass is 10.1. The maximum Gasteiger partial charge on any atom is 0.137 e. The molecule has 0 saturated carbocycles. The Morgan fingerprint density at radius 2 is 1.86 bits per heavy atom. The highest BCUT2D eigenvalue weighted by Crippen LogP contribution is 2.23. The molecule has 0 atom stereocenters. The maximum absolute atomic E-state index is 5.67. The molecule has 21 heavy (non-hydrogen) atoms. The molecular weight excluding hydrogens is 262 g/mol. The first-order chi connectivity index (χ1) is 10.2. The highest BCUT2D eigenvalue weighted by molar-refractivity contribution is 5.63. The Hall–Kier alpha value is -2.33. The number of ether oxygens (including phenoxy) is 1. The van der Waals surface area contributed by atoms with Crippen LogP contribution >= 0.6 is 0 Å². The topological polar surface area (TPSA) is 52.5 Å². The first-order valence-corrected chi connectivity index (χ1v) is 7.10. The fourth-order valence-electron chi connectivity index (χ4n) is 2.27. The van der Waals surface area contributed by atoms with Crippen molar-refractivity contribution >= 4 is 5.65 Å². The van der Waals surface area contributed by atoms with E-state index in [-0.39, 0.29) is 6.10 Å². The van der Waals surface area contributed by atoms with E-state index in [9.17, 15) is 0 Å². The number of nitrogens with zero attached hydrogens (tertiary/aromatic N) is 2. The highest BCUT2D eigenvalue weighted by atomic mass is 16.5. The van der Waals surface area contributed by atoms with Crippen molar-refractivity contribution in [3.63, 3.8) is 0 Å². The van der Waals surface area contributed by atoms with Gasteiger partial charge in [-0.3, -0.25) is 0 Å². The van der Waals surface area contributed by atoms with Crippen molar-refractivity contribution in [3.05, 3.63) is 54.4 Å². The fraction of sp³-hybridized carbons (Fsp3) is 0.235. The molecule has 0 unspecified atom stereocenters. The number of nitrogens with two attached hydrogens (primary N) is 1. The molecule has 0 radical (unpaired) electrons. The molecule has 2 aromatic heterocycles. The van der Waals surface area contributed by atoms with Gasteiger partial charge in [0.1, 0.15) is 11.4 Å². The Bertz CT molecular complexity index is 744. The predicted molar refractivity (Wildman–Crippen MR) is 84.3 cm³/mol. The molecule has 1 aromatic carbocycles. The van der Waals surface area contributed by atoms with Gasteiger partial charge in [0, 0.05) is 24.5 Å². The second kappa shape index (κ2) is 5.58. The van der Waals surface area contributed by atoms with E-state index in [0.29, 0.717) is 6.54 Å². The molecule has 3 rings (SSSR count). The van der Waals surface area contributed by atoms with Crippen molar-refractivity contribution in [3.8, 4) is 17.0 Å². The summed E-state index contributed by atoms with van der Waals surface area (Å²) >= 11 is 0. The molecule has 0 aliphatic carbocycles. The SMILES string of the molecule is CC(C)Oc1ccc(-c2cn3cc(CN)ccc3n2)cc1. The van der Waals surface area contributed by atoms with E-state index in [2.05, 4.69) is 4.98 Å². The lowest BCUT2D eigenvalue weighted by molar-refractivity contribution is 0.242. The third-order valence-electron chi connectivity index (χ3n) is 3.27. The van der Waals surface area contributed by atoms with Crippen LogP contribution in [0, 0.1) is 0 Å². The van der Waals surface area contributed by atoms with Crippen LogP contribution < -0.4 is 10.5 Å². The van der Waals surface area contributed by atoms with E-state index >= 15 is 0 Å². The van der Waals surface area contributed by atoms with E-state index in [4.69, 9.17) is 10.5 Å². The van der Waals surface area contributed by atoms with E-state index in [0.717, 1.165) is 28.2 Å². The summed E-state index contributed by atoms with van der Waals surface area (Å²) in [6, 6.07) is 12.0. The molecule has 4 nitrogen and oxygen atoms in total. The number of aromatic nitrogens is 2. The van der Waals surface area contributed by atoms with Gasteiger partial charge in [-0.05, 0) is 49.7 Å². The Balaban J connectivity index is 1.92. The zero-order valence-corrected chi connectivity index (χ0v) is 12.3. The summed E-state index contributed by atoms with van der Waals surface area (Å²) in [6.07, 6.45) is 4.22. The lowest BCUT2D eigenvalue weighted by Crippen LogP contribution is -2.05. The Kier molecular flexibility index (Phi) is 3.62. The van der Waals surface area contributed by atoms with Gasteiger partial charge in [-0.1, -0.05) is 6.07 Å². The maximum atomic E-state index is 5.67. The number of rotatable bonds is 4. The van der Waals surface area contributed by atoms with Gasteiger partial charge in [0.15, 0.2) is 0 Å². The summed E-state index contributed by atoms with van der Waals surface area (Å²) in [5.41, 5.74) is 9.70. The molecule has 0 spiro atoms. The van der Waals surface area contributed by atoms with E-state index in [1.807, 2.05) is 67.0 Å². The second-order valence-corrected chi connectivity index (χ2v) is 5.32. The summed E-state index contributed by atoms with van der Waals surface area (Å²) in [5, 5.41) is 0. The van der Waals surface area contributed by atoms with Crippen molar-refractivity contribution in [2.24, 2.45) is 5.73 Å². The van der Waals surface area contributed by atoms with Gasteiger partial charge in [-0.25, -0.2) is 4.98 Å². The zero-order valence-electron chi connectivity index (χ0n) is 12.3. The quantitative estimate of drug-likeness (QED) is 0.798. The van der Waals surface area contributed by atoms with Gasteiger partial charge in [-0.2, -0.15) is 0 Å². The zero-order chi connectivity index (χ0) is 14.8. The van der Waals surface area contributed by atoms with Crippen LogP contribution in [0.25, 0.3) is 16.9 Å². The van der Waals surface area contributed by atoms with Crippen LogP contribution in [0.15, 0.2) is 48.8 Å². The molecule has 0 amide bonds. The molecule has 108 valence electrons. The third-order valence-corrected chi connectivity index (χ3v) is 3.27. The second-order valence-electron chi connectivity index (χ2n) is 5.32. The first kappa shape index (κ1) is 13.6. The van der Waals surface area contributed by atoms with Crippen molar-refractivity contribution in [1.82, 2.24) is 9.38 Å². The standard InChI is InChI=1S/C17H19N3O/c1-12(2)21-15-6-4-14(5-7-15)16-11-20-10-13(9-18)3-8-17(20)19-16/h3-8,10-12H,9,18H2,1-2H3. The fourth-order valence-corrected chi connectivity index (χ4v) is 2.27. The van der Waals surface area contributed by atoms with Gasteiger partial charge in [0.05, 0.1) is 11.8 Å². The lowest BCUT2D eigenvalue weighted by Gasteiger charge is -2.09.